The molecule has 17 heavy (non-hydrogen) atoms. The van der Waals surface area contributed by atoms with Crippen LogP contribution in [0.2, 0.25) is 0 Å². The molecule has 0 aromatic heterocycles. The van der Waals surface area contributed by atoms with Crippen molar-refractivity contribution in [1.82, 2.24) is 5.32 Å². The van der Waals surface area contributed by atoms with E-state index in [9.17, 15) is 9.59 Å². The van der Waals surface area contributed by atoms with Gasteiger partial charge in [-0.25, -0.2) is 9.59 Å². The summed E-state index contributed by atoms with van der Waals surface area (Å²) in [5.41, 5.74) is 0. The lowest BCUT2D eigenvalue weighted by molar-refractivity contribution is -0.138. The summed E-state index contributed by atoms with van der Waals surface area (Å²) < 4.78 is 9.55. The number of nitrogens with one attached hydrogen (secondary N) is 1. The summed E-state index contributed by atoms with van der Waals surface area (Å²) in [6, 6.07) is 0.229. The highest BCUT2D eigenvalue weighted by atomic mass is 16.6. The summed E-state index contributed by atoms with van der Waals surface area (Å²) >= 11 is 0. The third-order valence-corrected chi connectivity index (χ3v) is 2.65. The van der Waals surface area contributed by atoms with Crippen LogP contribution in [0, 0.1) is 0 Å². The first-order valence-corrected chi connectivity index (χ1v) is 5.95. The zero-order chi connectivity index (χ0) is 12.5. The SMILES string of the molecule is C=CC(=O)OCCOC(=O)NC1CCCCC1. The zero-order valence-electron chi connectivity index (χ0n) is 9.94. The van der Waals surface area contributed by atoms with Crippen molar-refractivity contribution in [2.24, 2.45) is 0 Å². The Hall–Kier alpha value is -1.52. The number of carbonyl (C=O) groups excluding carboxylic acids is 2. The number of esters is 1. The topological polar surface area (TPSA) is 64.6 Å². The minimum absolute atomic E-state index is 0.0585. The third-order valence-electron chi connectivity index (χ3n) is 2.65. The number of carbonyl (C=O) groups is 2. The molecular formula is C12H19NO4. The average Bonchev–Trinajstić information content (AvgIpc) is 2.35. The fourth-order valence-corrected chi connectivity index (χ4v) is 1.79. The van der Waals surface area contributed by atoms with E-state index in [0.29, 0.717) is 0 Å². The van der Waals surface area contributed by atoms with Crippen molar-refractivity contribution in [2.75, 3.05) is 13.2 Å². The van der Waals surface area contributed by atoms with Gasteiger partial charge < -0.3 is 14.8 Å². The Morgan fingerprint density at radius 2 is 1.82 bits per heavy atom. The van der Waals surface area contributed by atoms with Gasteiger partial charge in [0.2, 0.25) is 0 Å². The Bertz CT molecular complexity index is 272. The molecule has 96 valence electrons. The van der Waals surface area contributed by atoms with Crippen molar-refractivity contribution in [3.8, 4) is 0 Å². The van der Waals surface area contributed by atoms with Crippen molar-refractivity contribution >= 4 is 12.1 Å². The van der Waals surface area contributed by atoms with Crippen LogP contribution in [0.4, 0.5) is 4.79 Å². The molecule has 1 amide bonds. The highest BCUT2D eigenvalue weighted by Gasteiger charge is 2.16. The minimum atomic E-state index is -0.513. The largest absolute Gasteiger partial charge is 0.459 e. The molecule has 0 unspecified atom stereocenters. The number of amides is 1. The van der Waals surface area contributed by atoms with Gasteiger partial charge in [0, 0.05) is 12.1 Å². The average molecular weight is 241 g/mol. The van der Waals surface area contributed by atoms with E-state index in [1.165, 1.54) is 6.42 Å². The molecule has 0 spiro atoms. The van der Waals surface area contributed by atoms with Crippen LogP contribution in [0.3, 0.4) is 0 Å². The van der Waals surface area contributed by atoms with Crippen molar-refractivity contribution in [1.29, 1.82) is 0 Å². The standard InChI is InChI=1S/C12H19NO4/c1-2-11(14)16-8-9-17-12(15)13-10-6-4-3-5-7-10/h2,10H,1,3-9H2,(H,13,15). The van der Waals surface area contributed by atoms with Gasteiger partial charge in [-0.05, 0) is 12.8 Å². The molecule has 5 nitrogen and oxygen atoms in total. The number of rotatable bonds is 5. The van der Waals surface area contributed by atoms with Crippen LogP contribution in [0.25, 0.3) is 0 Å². The van der Waals surface area contributed by atoms with Crippen LogP contribution in [0.15, 0.2) is 12.7 Å². The van der Waals surface area contributed by atoms with Gasteiger partial charge in [0.15, 0.2) is 0 Å². The molecule has 0 radical (unpaired) electrons. The lowest BCUT2D eigenvalue weighted by atomic mass is 9.96. The molecule has 0 atom stereocenters. The van der Waals surface area contributed by atoms with Gasteiger partial charge in [-0.15, -0.1) is 0 Å². The van der Waals surface area contributed by atoms with Gasteiger partial charge >= 0.3 is 12.1 Å². The Morgan fingerprint density at radius 3 is 2.47 bits per heavy atom. The molecular weight excluding hydrogens is 222 g/mol. The summed E-state index contributed by atoms with van der Waals surface area (Å²) in [6.45, 7) is 3.38. The molecule has 0 bridgehead atoms. The van der Waals surface area contributed by atoms with Crippen LogP contribution in [-0.2, 0) is 14.3 Å². The molecule has 0 aliphatic heterocycles. The quantitative estimate of drug-likeness (QED) is 0.452. The summed E-state index contributed by atoms with van der Waals surface area (Å²) in [7, 11) is 0. The van der Waals surface area contributed by atoms with Crippen LogP contribution in [0.5, 0.6) is 0 Å². The monoisotopic (exact) mass is 241 g/mol. The fraction of sp³-hybridized carbons (Fsp3) is 0.667. The second kappa shape index (κ2) is 7.70. The van der Waals surface area contributed by atoms with Gasteiger partial charge in [0.05, 0.1) is 0 Å². The maximum atomic E-state index is 11.3. The van der Waals surface area contributed by atoms with Crippen LogP contribution >= 0.6 is 0 Å². The van der Waals surface area contributed by atoms with Crippen molar-refractivity contribution in [3.63, 3.8) is 0 Å². The van der Waals surface area contributed by atoms with E-state index >= 15 is 0 Å². The number of alkyl carbamates (subject to hydrolysis) is 1. The van der Waals surface area contributed by atoms with E-state index in [4.69, 9.17) is 4.74 Å². The highest BCUT2D eigenvalue weighted by Crippen LogP contribution is 2.17. The summed E-state index contributed by atoms with van der Waals surface area (Å²) in [6.07, 6.45) is 6.21. The van der Waals surface area contributed by atoms with Crippen molar-refractivity contribution in [2.45, 2.75) is 38.1 Å². The van der Waals surface area contributed by atoms with E-state index in [2.05, 4.69) is 16.6 Å². The molecule has 0 aromatic carbocycles. The molecule has 1 aliphatic carbocycles. The lowest BCUT2D eigenvalue weighted by Gasteiger charge is -2.22. The van der Waals surface area contributed by atoms with E-state index in [0.717, 1.165) is 31.8 Å². The van der Waals surface area contributed by atoms with Crippen LogP contribution in [-0.4, -0.2) is 31.3 Å². The van der Waals surface area contributed by atoms with Crippen molar-refractivity contribution in [3.05, 3.63) is 12.7 Å². The Morgan fingerprint density at radius 1 is 1.18 bits per heavy atom. The molecule has 1 saturated carbocycles. The predicted octanol–water partition coefficient (Wildman–Crippen LogP) is 1.77. The van der Waals surface area contributed by atoms with E-state index in [1.807, 2.05) is 0 Å². The zero-order valence-corrected chi connectivity index (χ0v) is 9.94. The molecule has 0 saturated heterocycles. The Kier molecular flexibility index (Phi) is 6.14. The molecule has 1 aliphatic rings. The lowest BCUT2D eigenvalue weighted by Crippen LogP contribution is -2.37. The first kappa shape index (κ1) is 13.5. The maximum Gasteiger partial charge on any atom is 0.407 e. The van der Waals surface area contributed by atoms with Gasteiger partial charge in [0.25, 0.3) is 0 Å². The Balaban J connectivity index is 2.04. The van der Waals surface area contributed by atoms with E-state index < -0.39 is 12.1 Å². The fourth-order valence-electron chi connectivity index (χ4n) is 1.79. The normalized spacial score (nSPS) is 16.0. The Labute approximate surface area is 101 Å². The van der Waals surface area contributed by atoms with E-state index in [1.54, 1.807) is 0 Å². The first-order chi connectivity index (χ1) is 8.22. The summed E-state index contributed by atoms with van der Waals surface area (Å²) in [5, 5.41) is 2.80. The maximum absolute atomic E-state index is 11.3. The van der Waals surface area contributed by atoms with Gasteiger partial charge in [-0.3, -0.25) is 0 Å². The number of hydrogen-bond acceptors (Lipinski definition) is 4. The molecule has 5 heteroatoms. The molecule has 1 fully saturated rings. The van der Waals surface area contributed by atoms with Gasteiger partial charge in [-0.1, -0.05) is 25.8 Å². The predicted molar refractivity (Wildman–Crippen MR) is 62.5 cm³/mol. The van der Waals surface area contributed by atoms with Crippen LogP contribution < -0.4 is 5.32 Å². The van der Waals surface area contributed by atoms with E-state index in [-0.39, 0.29) is 19.3 Å². The first-order valence-electron chi connectivity index (χ1n) is 5.95. The molecule has 0 heterocycles. The second-order valence-electron chi connectivity index (χ2n) is 3.99. The smallest absolute Gasteiger partial charge is 0.407 e. The highest BCUT2D eigenvalue weighted by molar-refractivity contribution is 5.81. The summed E-state index contributed by atoms with van der Waals surface area (Å²) in [4.78, 5) is 22.0. The second-order valence-corrected chi connectivity index (χ2v) is 3.99. The van der Waals surface area contributed by atoms with Gasteiger partial charge in [0.1, 0.15) is 13.2 Å². The third kappa shape index (κ3) is 5.94. The van der Waals surface area contributed by atoms with Crippen LogP contribution in [0.1, 0.15) is 32.1 Å². The number of hydrogen-bond donors (Lipinski definition) is 1. The van der Waals surface area contributed by atoms with Crippen molar-refractivity contribution < 1.29 is 19.1 Å². The summed E-state index contributed by atoms with van der Waals surface area (Å²) in [5.74, 6) is -0.513. The molecule has 1 rings (SSSR count). The minimum Gasteiger partial charge on any atom is -0.459 e. The van der Waals surface area contributed by atoms with Gasteiger partial charge in [-0.2, -0.15) is 0 Å². The number of ether oxygens (including phenoxy) is 2. The molecule has 0 aromatic rings. The molecule has 1 N–H and O–H groups in total.